The standard InChI is InChI=1S/C24H26N2O4/c1-30-21(27)14-25-23(29)24(13-17-7-3-2-4-8-17)15-26(16-24)22(28)20-11-18-9-5-6-10-19(18)12-20/h2-10,20H,11-16H2,1H3,(H,25,29). The van der Waals surface area contributed by atoms with Gasteiger partial charge in [-0.25, -0.2) is 0 Å². The maximum atomic E-state index is 13.1. The number of esters is 1. The van der Waals surface area contributed by atoms with E-state index < -0.39 is 11.4 Å². The zero-order valence-electron chi connectivity index (χ0n) is 17.1. The third-order valence-electron chi connectivity index (χ3n) is 6.19. The number of fused-ring (bicyclic) bond motifs is 1. The van der Waals surface area contributed by atoms with Crippen molar-refractivity contribution in [3.8, 4) is 0 Å². The first-order valence-electron chi connectivity index (χ1n) is 10.3. The summed E-state index contributed by atoms with van der Waals surface area (Å²) >= 11 is 0. The molecule has 0 radical (unpaired) electrons. The minimum absolute atomic E-state index is 0.0599. The van der Waals surface area contributed by atoms with Crippen LogP contribution < -0.4 is 5.32 Å². The van der Waals surface area contributed by atoms with Crippen LogP contribution in [0.2, 0.25) is 0 Å². The van der Waals surface area contributed by atoms with Gasteiger partial charge in [-0.3, -0.25) is 14.4 Å². The monoisotopic (exact) mass is 406 g/mol. The summed E-state index contributed by atoms with van der Waals surface area (Å²) in [5.41, 5.74) is 2.79. The minimum Gasteiger partial charge on any atom is -0.468 e. The first-order chi connectivity index (χ1) is 14.5. The van der Waals surface area contributed by atoms with E-state index >= 15 is 0 Å². The summed E-state index contributed by atoms with van der Waals surface area (Å²) in [5.74, 6) is -0.657. The van der Waals surface area contributed by atoms with E-state index in [4.69, 9.17) is 0 Å². The summed E-state index contributed by atoms with van der Waals surface area (Å²) < 4.78 is 4.62. The van der Waals surface area contributed by atoms with E-state index in [9.17, 15) is 14.4 Å². The molecule has 0 atom stereocenters. The van der Waals surface area contributed by atoms with E-state index in [0.717, 1.165) is 18.4 Å². The number of benzene rings is 2. The lowest BCUT2D eigenvalue weighted by Gasteiger charge is -2.49. The van der Waals surface area contributed by atoms with Crippen LogP contribution in [-0.2, 0) is 38.4 Å². The summed E-state index contributed by atoms with van der Waals surface area (Å²) in [7, 11) is 1.29. The van der Waals surface area contributed by atoms with Crippen LogP contribution >= 0.6 is 0 Å². The normalized spacial score (nSPS) is 17.0. The van der Waals surface area contributed by atoms with Crippen LogP contribution in [0.4, 0.5) is 0 Å². The number of nitrogens with zero attached hydrogens (tertiary/aromatic N) is 1. The molecule has 6 nitrogen and oxygen atoms in total. The molecule has 1 N–H and O–H groups in total. The van der Waals surface area contributed by atoms with E-state index in [1.54, 1.807) is 4.90 Å². The van der Waals surface area contributed by atoms with Crippen molar-refractivity contribution in [2.45, 2.75) is 19.3 Å². The smallest absolute Gasteiger partial charge is 0.325 e. The van der Waals surface area contributed by atoms with Gasteiger partial charge in [-0.05, 0) is 36.0 Å². The third kappa shape index (κ3) is 3.95. The molecule has 1 fully saturated rings. The van der Waals surface area contributed by atoms with Crippen LogP contribution in [0.15, 0.2) is 54.6 Å². The van der Waals surface area contributed by atoms with Crippen molar-refractivity contribution in [3.63, 3.8) is 0 Å². The first-order valence-corrected chi connectivity index (χ1v) is 10.3. The van der Waals surface area contributed by atoms with Crippen molar-refractivity contribution >= 4 is 17.8 Å². The molecule has 2 aromatic rings. The van der Waals surface area contributed by atoms with Crippen molar-refractivity contribution in [1.82, 2.24) is 10.2 Å². The summed E-state index contributed by atoms with van der Waals surface area (Å²) in [4.78, 5) is 39.3. The number of likely N-dealkylation sites (tertiary alicyclic amines) is 1. The Labute approximate surface area is 176 Å². The van der Waals surface area contributed by atoms with Crippen molar-refractivity contribution < 1.29 is 19.1 Å². The lowest BCUT2D eigenvalue weighted by atomic mass is 9.73. The highest BCUT2D eigenvalue weighted by atomic mass is 16.5. The fourth-order valence-corrected chi connectivity index (χ4v) is 4.57. The second kappa shape index (κ2) is 8.30. The molecule has 2 aliphatic rings. The number of carbonyl (C=O) groups excluding carboxylic acids is 3. The minimum atomic E-state index is -0.726. The quantitative estimate of drug-likeness (QED) is 0.742. The number of rotatable bonds is 6. The second-order valence-corrected chi connectivity index (χ2v) is 8.27. The number of amides is 2. The Morgan fingerprint density at radius 2 is 1.60 bits per heavy atom. The number of methoxy groups -OCH3 is 1. The van der Waals surface area contributed by atoms with Crippen LogP contribution in [0, 0.1) is 11.3 Å². The summed E-state index contributed by atoms with van der Waals surface area (Å²) in [5, 5.41) is 2.69. The number of carbonyl (C=O) groups is 3. The van der Waals surface area contributed by atoms with Crippen LogP contribution in [0.25, 0.3) is 0 Å². The fourth-order valence-electron chi connectivity index (χ4n) is 4.57. The molecular formula is C24H26N2O4. The van der Waals surface area contributed by atoms with Gasteiger partial charge in [0.25, 0.3) is 0 Å². The lowest BCUT2D eigenvalue weighted by Crippen LogP contribution is -2.66. The summed E-state index contributed by atoms with van der Waals surface area (Å²) in [6.07, 6.45) is 2.03. The Bertz CT molecular complexity index is 926. The molecule has 30 heavy (non-hydrogen) atoms. The zero-order valence-corrected chi connectivity index (χ0v) is 17.1. The van der Waals surface area contributed by atoms with Gasteiger partial charge in [0.15, 0.2) is 0 Å². The predicted molar refractivity (Wildman–Crippen MR) is 112 cm³/mol. The lowest BCUT2D eigenvalue weighted by molar-refractivity contribution is -0.157. The average Bonchev–Trinajstić information content (AvgIpc) is 3.18. The molecule has 0 aromatic heterocycles. The van der Waals surface area contributed by atoms with E-state index in [0.29, 0.717) is 19.5 Å². The van der Waals surface area contributed by atoms with E-state index in [-0.39, 0.29) is 24.3 Å². The largest absolute Gasteiger partial charge is 0.468 e. The van der Waals surface area contributed by atoms with E-state index in [1.807, 2.05) is 42.5 Å². The predicted octanol–water partition coefficient (Wildman–Crippen LogP) is 1.76. The molecule has 2 amide bonds. The maximum absolute atomic E-state index is 13.1. The first kappa shape index (κ1) is 20.1. The van der Waals surface area contributed by atoms with Gasteiger partial charge >= 0.3 is 5.97 Å². The molecule has 2 aromatic carbocycles. The summed E-state index contributed by atoms with van der Waals surface area (Å²) in [6, 6.07) is 17.9. The van der Waals surface area contributed by atoms with Crippen LogP contribution in [-0.4, -0.2) is 49.4 Å². The molecule has 1 saturated heterocycles. The average molecular weight is 406 g/mol. The van der Waals surface area contributed by atoms with Gasteiger partial charge in [0.1, 0.15) is 6.54 Å². The molecule has 0 bridgehead atoms. The van der Waals surface area contributed by atoms with Crippen LogP contribution in [0.1, 0.15) is 16.7 Å². The number of hydrogen-bond acceptors (Lipinski definition) is 4. The van der Waals surface area contributed by atoms with Crippen LogP contribution in [0.3, 0.4) is 0 Å². The Morgan fingerprint density at radius 3 is 2.20 bits per heavy atom. The SMILES string of the molecule is COC(=O)CNC(=O)C1(Cc2ccccc2)CN(C(=O)C2Cc3ccccc3C2)C1. The van der Waals surface area contributed by atoms with Gasteiger partial charge in [0.2, 0.25) is 11.8 Å². The van der Waals surface area contributed by atoms with Crippen molar-refractivity contribution in [1.29, 1.82) is 0 Å². The van der Waals surface area contributed by atoms with Gasteiger partial charge in [0.05, 0.1) is 12.5 Å². The fraction of sp³-hybridized carbons (Fsp3) is 0.375. The molecule has 4 rings (SSSR count). The topological polar surface area (TPSA) is 75.7 Å². The zero-order chi connectivity index (χ0) is 21.1. The molecule has 6 heteroatoms. The van der Waals surface area contributed by atoms with Gasteiger partial charge in [-0.1, -0.05) is 54.6 Å². The Hall–Kier alpha value is -3.15. The highest BCUT2D eigenvalue weighted by Crippen LogP contribution is 2.37. The molecule has 1 aliphatic carbocycles. The molecule has 0 saturated carbocycles. The van der Waals surface area contributed by atoms with Crippen molar-refractivity contribution in [2.24, 2.45) is 11.3 Å². The molecule has 0 spiro atoms. The van der Waals surface area contributed by atoms with Crippen molar-refractivity contribution in [2.75, 3.05) is 26.7 Å². The Morgan fingerprint density at radius 1 is 1.00 bits per heavy atom. The molecule has 156 valence electrons. The van der Waals surface area contributed by atoms with E-state index in [1.165, 1.54) is 18.2 Å². The number of nitrogens with one attached hydrogen (secondary N) is 1. The molecule has 0 unspecified atom stereocenters. The van der Waals surface area contributed by atoms with Crippen LogP contribution in [0.5, 0.6) is 0 Å². The molecular weight excluding hydrogens is 380 g/mol. The van der Waals surface area contributed by atoms with Crippen molar-refractivity contribution in [3.05, 3.63) is 71.3 Å². The molecule has 1 heterocycles. The Kier molecular flexibility index (Phi) is 5.57. The second-order valence-electron chi connectivity index (χ2n) is 8.27. The van der Waals surface area contributed by atoms with Gasteiger partial charge in [-0.2, -0.15) is 0 Å². The highest BCUT2D eigenvalue weighted by molar-refractivity contribution is 5.91. The highest BCUT2D eigenvalue weighted by Gasteiger charge is 2.52. The number of hydrogen-bond donors (Lipinski definition) is 1. The van der Waals surface area contributed by atoms with E-state index in [2.05, 4.69) is 22.2 Å². The number of ether oxygens (including phenoxy) is 1. The van der Waals surface area contributed by atoms with Gasteiger partial charge in [-0.15, -0.1) is 0 Å². The van der Waals surface area contributed by atoms with Gasteiger partial charge < -0.3 is 15.0 Å². The summed E-state index contributed by atoms with van der Waals surface area (Å²) in [6.45, 7) is 0.554. The van der Waals surface area contributed by atoms with Gasteiger partial charge in [0, 0.05) is 19.0 Å². The Balaban J connectivity index is 1.44. The maximum Gasteiger partial charge on any atom is 0.325 e. The molecule has 1 aliphatic heterocycles. The third-order valence-corrected chi connectivity index (χ3v) is 6.19.